The standard InChI is InChI=1S/C6H13NOS.C2H6/c1-5(8)6(7-2)4-9-3;1-2/h6-7H,4H2,1-3H3;1-2H3. The monoisotopic (exact) mass is 177 g/mol. The van der Waals surface area contributed by atoms with Gasteiger partial charge in [0.15, 0.2) is 0 Å². The Labute approximate surface area is 74.1 Å². The van der Waals surface area contributed by atoms with Gasteiger partial charge in [-0.25, -0.2) is 0 Å². The highest BCUT2D eigenvalue weighted by atomic mass is 32.2. The van der Waals surface area contributed by atoms with E-state index in [0.29, 0.717) is 0 Å². The fourth-order valence-electron chi connectivity index (χ4n) is 0.571. The van der Waals surface area contributed by atoms with Crippen LogP contribution in [-0.4, -0.2) is 30.9 Å². The summed E-state index contributed by atoms with van der Waals surface area (Å²) in [6, 6.07) is 0.0417. The Balaban J connectivity index is 0. The molecule has 0 heterocycles. The molecule has 1 unspecified atom stereocenters. The first-order valence-corrected chi connectivity index (χ1v) is 5.28. The summed E-state index contributed by atoms with van der Waals surface area (Å²) in [4.78, 5) is 10.7. The summed E-state index contributed by atoms with van der Waals surface area (Å²) < 4.78 is 0. The van der Waals surface area contributed by atoms with Crippen molar-refractivity contribution in [3.05, 3.63) is 0 Å². The summed E-state index contributed by atoms with van der Waals surface area (Å²) >= 11 is 1.68. The van der Waals surface area contributed by atoms with E-state index >= 15 is 0 Å². The van der Waals surface area contributed by atoms with Gasteiger partial charge in [0.05, 0.1) is 6.04 Å². The Bertz CT molecular complexity index is 96.1. The molecule has 11 heavy (non-hydrogen) atoms. The summed E-state index contributed by atoms with van der Waals surface area (Å²) in [6.07, 6.45) is 1.99. The largest absolute Gasteiger partial charge is 0.310 e. The Kier molecular flexibility index (Phi) is 12.3. The number of nitrogens with one attached hydrogen (secondary N) is 1. The summed E-state index contributed by atoms with van der Waals surface area (Å²) in [5.41, 5.74) is 0. The smallest absolute Gasteiger partial charge is 0.147 e. The second kappa shape index (κ2) is 9.98. The van der Waals surface area contributed by atoms with Gasteiger partial charge in [0, 0.05) is 5.75 Å². The van der Waals surface area contributed by atoms with Crippen molar-refractivity contribution < 1.29 is 4.79 Å². The molecule has 0 fully saturated rings. The van der Waals surface area contributed by atoms with Crippen LogP contribution in [0.25, 0.3) is 0 Å². The normalized spacial score (nSPS) is 11.4. The molecule has 0 amide bonds. The van der Waals surface area contributed by atoms with E-state index in [4.69, 9.17) is 0 Å². The lowest BCUT2D eigenvalue weighted by Crippen LogP contribution is -2.34. The minimum Gasteiger partial charge on any atom is -0.310 e. The third-order valence-electron chi connectivity index (χ3n) is 1.17. The quantitative estimate of drug-likeness (QED) is 0.706. The predicted octanol–water partition coefficient (Wildman–Crippen LogP) is 1.55. The second-order valence-corrected chi connectivity index (χ2v) is 2.82. The lowest BCUT2D eigenvalue weighted by Gasteiger charge is -2.09. The molecular formula is C8H19NOS. The van der Waals surface area contributed by atoms with Gasteiger partial charge in [-0.05, 0) is 20.2 Å². The average Bonchev–Trinajstić information content (AvgIpc) is 2.03. The third-order valence-corrected chi connectivity index (χ3v) is 1.84. The highest BCUT2D eigenvalue weighted by Gasteiger charge is 2.08. The van der Waals surface area contributed by atoms with Crippen LogP contribution in [-0.2, 0) is 4.79 Å². The topological polar surface area (TPSA) is 29.1 Å². The van der Waals surface area contributed by atoms with Crippen LogP contribution >= 0.6 is 11.8 Å². The number of Topliss-reactive ketones (excluding diaryl/α,β-unsaturated/α-hetero) is 1. The van der Waals surface area contributed by atoms with E-state index in [1.54, 1.807) is 18.7 Å². The van der Waals surface area contributed by atoms with Crippen LogP contribution in [0.15, 0.2) is 0 Å². The lowest BCUT2D eigenvalue weighted by molar-refractivity contribution is -0.118. The van der Waals surface area contributed by atoms with Gasteiger partial charge < -0.3 is 5.32 Å². The summed E-state index contributed by atoms with van der Waals surface area (Å²) in [6.45, 7) is 5.61. The van der Waals surface area contributed by atoms with Crippen molar-refractivity contribution in [3.63, 3.8) is 0 Å². The number of thioether (sulfide) groups is 1. The maximum absolute atomic E-state index is 10.7. The molecule has 2 nitrogen and oxygen atoms in total. The maximum Gasteiger partial charge on any atom is 0.147 e. The highest BCUT2D eigenvalue weighted by molar-refractivity contribution is 7.98. The number of ketones is 1. The molecule has 3 heteroatoms. The van der Waals surface area contributed by atoms with E-state index in [9.17, 15) is 4.79 Å². The molecule has 0 saturated carbocycles. The molecule has 0 spiro atoms. The second-order valence-electron chi connectivity index (χ2n) is 1.91. The molecule has 68 valence electrons. The Hall–Kier alpha value is -0.0200. The number of carbonyl (C=O) groups excluding carboxylic acids is 1. The molecule has 0 rings (SSSR count). The van der Waals surface area contributed by atoms with E-state index in [1.165, 1.54) is 0 Å². The first-order chi connectivity index (χ1) is 5.22. The van der Waals surface area contributed by atoms with Crippen LogP contribution in [0.2, 0.25) is 0 Å². The molecule has 0 aliphatic carbocycles. The number of rotatable bonds is 4. The molecule has 1 atom stereocenters. The van der Waals surface area contributed by atoms with E-state index in [2.05, 4.69) is 5.32 Å². The third kappa shape index (κ3) is 7.88. The van der Waals surface area contributed by atoms with E-state index in [1.807, 2.05) is 27.2 Å². The molecule has 0 aliphatic rings. The number of carbonyl (C=O) groups is 1. The molecular weight excluding hydrogens is 158 g/mol. The average molecular weight is 177 g/mol. The first-order valence-electron chi connectivity index (χ1n) is 3.89. The highest BCUT2D eigenvalue weighted by Crippen LogP contribution is 1.96. The van der Waals surface area contributed by atoms with Gasteiger partial charge in [-0.3, -0.25) is 4.79 Å². The van der Waals surface area contributed by atoms with Crippen molar-refractivity contribution in [2.45, 2.75) is 26.8 Å². The summed E-state index contributed by atoms with van der Waals surface area (Å²) in [7, 11) is 1.81. The van der Waals surface area contributed by atoms with Gasteiger partial charge in [0.2, 0.25) is 0 Å². The fraction of sp³-hybridized carbons (Fsp3) is 0.875. The van der Waals surface area contributed by atoms with Crippen LogP contribution in [0.4, 0.5) is 0 Å². The zero-order chi connectivity index (χ0) is 9.28. The molecule has 0 bridgehead atoms. The van der Waals surface area contributed by atoms with Gasteiger partial charge in [-0.1, -0.05) is 13.8 Å². The van der Waals surface area contributed by atoms with Gasteiger partial charge >= 0.3 is 0 Å². The van der Waals surface area contributed by atoms with Crippen molar-refractivity contribution >= 4 is 17.5 Å². The summed E-state index contributed by atoms with van der Waals surface area (Å²) in [5, 5.41) is 2.93. The summed E-state index contributed by atoms with van der Waals surface area (Å²) in [5.74, 6) is 1.08. The van der Waals surface area contributed by atoms with E-state index in [0.717, 1.165) is 5.75 Å². The Morgan fingerprint density at radius 3 is 2.09 bits per heavy atom. The SMILES string of the molecule is CC.CNC(CSC)C(C)=O. The minimum atomic E-state index is 0.0417. The molecule has 0 aromatic carbocycles. The predicted molar refractivity (Wildman–Crippen MR) is 53.3 cm³/mol. The van der Waals surface area contributed by atoms with Crippen LogP contribution in [0, 0.1) is 0 Å². The van der Waals surface area contributed by atoms with Crippen molar-refractivity contribution in [2.75, 3.05) is 19.1 Å². The van der Waals surface area contributed by atoms with Gasteiger partial charge in [0.1, 0.15) is 5.78 Å². The van der Waals surface area contributed by atoms with E-state index < -0.39 is 0 Å². The van der Waals surface area contributed by atoms with Crippen LogP contribution in [0.5, 0.6) is 0 Å². The van der Waals surface area contributed by atoms with Gasteiger partial charge in [0.25, 0.3) is 0 Å². The molecule has 1 N–H and O–H groups in total. The minimum absolute atomic E-state index is 0.0417. The molecule has 0 saturated heterocycles. The molecule has 0 aliphatic heterocycles. The lowest BCUT2D eigenvalue weighted by atomic mass is 10.2. The van der Waals surface area contributed by atoms with Gasteiger partial charge in [-0.15, -0.1) is 0 Å². The number of hydrogen-bond acceptors (Lipinski definition) is 3. The van der Waals surface area contributed by atoms with Crippen molar-refractivity contribution in [1.82, 2.24) is 5.32 Å². The molecule has 0 aromatic heterocycles. The number of hydrogen-bond donors (Lipinski definition) is 1. The fourth-order valence-corrected chi connectivity index (χ4v) is 1.31. The van der Waals surface area contributed by atoms with Crippen LogP contribution < -0.4 is 5.32 Å². The molecule has 0 radical (unpaired) electrons. The molecule has 0 aromatic rings. The zero-order valence-electron chi connectivity index (χ0n) is 8.10. The van der Waals surface area contributed by atoms with Crippen molar-refractivity contribution in [3.8, 4) is 0 Å². The Morgan fingerprint density at radius 2 is 2.00 bits per heavy atom. The van der Waals surface area contributed by atoms with Crippen LogP contribution in [0.1, 0.15) is 20.8 Å². The van der Waals surface area contributed by atoms with Crippen molar-refractivity contribution in [2.24, 2.45) is 0 Å². The maximum atomic E-state index is 10.7. The van der Waals surface area contributed by atoms with E-state index in [-0.39, 0.29) is 11.8 Å². The van der Waals surface area contributed by atoms with Crippen LogP contribution in [0.3, 0.4) is 0 Å². The van der Waals surface area contributed by atoms with Gasteiger partial charge in [-0.2, -0.15) is 11.8 Å². The number of likely N-dealkylation sites (N-methyl/N-ethyl adjacent to an activating group) is 1. The van der Waals surface area contributed by atoms with Crippen molar-refractivity contribution in [1.29, 1.82) is 0 Å². The zero-order valence-corrected chi connectivity index (χ0v) is 8.92. The first kappa shape index (κ1) is 13.6. The Morgan fingerprint density at radius 1 is 1.55 bits per heavy atom.